The normalized spacial score (nSPS) is 9.95. The third kappa shape index (κ3) is 5.65. The Morgan fingerprint density at radius 1 is 1.32 bits per heavy atom. The number of carbonyl (C=O) groups is 2. The number of aromatic carboxylic acids is 1. The van der Waals surface area contributed by atoms with E-state index in [1.807, 2.05) is 0 Å². The average Bonchev–Trinajstić information content (AvgIpc) is 2.39. The summed E-state index contributed by atoms with van der Waals surface area (Å²) < 4.78 is 10.2. The first-order valence-electron chi connectivity index (χ1n) is 5.83. The van der Waals surface area contributed by atoms with Crippen LogP contribution < -0.4 is 4.74 Å². The molecule has 104 valence electrons. The molecule has 0 saturated heterocycles. The summed E-state index contributed by atoms with van der Waals surface area (Å²) in [5.74, 6) is -0.0650. The van der Waals surface area contributed by atoms with Crippen LogP contribution in [0.5, 0.6) is 5.75 Å². The van der Waals surface area contributed by atoms with Crippen LogP contribution in [0.4, 0.5) is 0 Å². The molecule has 5 nitrogen and oxygen atoms in total. The van der Waals surface area contributed by atoms with E-state index < -0.39 is 5.97 Å². The number of hydrogen-bond acceptors (Lipinski definition) is 5. The molecule has 0 amide bonds. The predicted octanol–water partition coefficient (Wildman–Crippen LogP) is 2.06. The number of carboxylic acid groups (broad SMARTS) is 1. The fourth-order valence-electron chi connectivity index (χ4n) is 1.34. The molecule has 0 fully saturated rings. The van der Waals surface area contributed by atoms with Crippen molar-refractivity contribution in [3.8, 4) is 5.75 Å². The zero-order chi connectivity index (χ0) is 14.1. The Balaban J connectivity index is 2.30. The zero-order valence-electron chi connectivity index (χ0n) is 10.6. The number of para-hydroxylation sites is 1. The van der Waals surface area contributed by atoms with Gasteiger partial charge in [0.1, 0.15) is 11.3 Å². The van der Waals surface area contributed by atoms with Crippen molar-refractivity contribution in [2.24, 2.45) is 0 Å². The molecule has 0 aliphatic carbocycles. The summed E-state index contributed by atoms with van der Waals surface area (Å²) in [6, 6.07) is 6.46. The molecule has 0 radical (unpaired) electrons. The first kappa shape index (κ1) is 15.4. The Morgan fingerprint density at radius 3 is 2.74 bits per heavy atom. The third-order valence-electron chi connectivity index (χ3n) is 2.13. The largest absolute Gasteiger partial charge is 0.492 e. The first-order valence-corrected chi connectivity index (χ1v) is 6.99. The third-order valence-corrected chi connectivity index (χ3v) is 3.02. The molecule has 0 atom stereocenters. The summed E-state index contributed by atoms with van der Waals surface area (Å²) in [5, 5.41) is 8.95. The summed E-state index contributed by atoms with van der Waals surface area (Å²) in [4.78, 5) is 22.0. The average molecular weight is 284 g/mol. The maximum absolute atomic E-state index is 11.1. The van der Waals surface area contributed by atoms with E-state index in [0.717, 1.165) is 0 Å². The number of carbonyl (C=O) groups excluding carboxylic acids is 1. The second kappa shape index (κ2) is 8.42. The lowest BCUT2D eigenvalue weighted by molar-refractivity contribution is -0.139. The molecule has 0 aromatic heterocycles. The molecule has 0 aliphatic heterocycles. The van der Waals surface area contributed by atoms with Gasteiger partial charge in [0.15, 0.2) is 0 Å². The number of rotatable bonds is 8. The van der Waals surface area contributed by atoms with Crippen LogP contribution in [0.15, 0.2) is 24.3 Å². The van der Waals surface area contributed by atoms with Crippen LogP contribution in [0.3, 0.4) is 0 Å². The van der Waals surface area contributed by atoms with Gasteiger partial charge in [-0.3, -0.25) is 4.79 Å². The van der Waals surface area contributed by atoms with Crippen LogP contribution in [0.1, 0.15) is 17.3 Å². The number of carboxylic acids is 1. The number of hydrogen-bond donors (Lipinski definition) is 1. The van der Waals surface area contributed by atoms with Gasteiger partial charge in [0.05, 0.1) is 19.0 Å². The van der Waals surface area contributed by atoms with Crippen LogP contribution >= 0.6 is 11.8 Å². The van der Waals surface area contributed by atoms with Gasteiger partial charge in [0, 0.05) is 5.75 Å². The van der Waals surface area contributed by atoms with Gasteiger partial charge in [-0.1, -0.05) is 12.1 Å². The topological polar surface area (TPSA) is 72.8 Å². The van der Waals surface area contributed by atoms with Crippen LogP contribution in [0.25, 0.3) is 0 Å². The van der Waals surface area contributed by atoms with E-state index in [4.69, 9.17) is 14.6 Å². The van der Waals surface area contributed by atoms with E-state index in [1.165, 1.54) is 17.8 Å². The predicted molar refractivity (Wildman–Crippen MR) is 72.9 cm³/mol. The molecule has 0 heterocycles. The van der Waals surface area contributed by atoms with Gasteiger partial charge in [-0.15, -0.1) is 11.8 Å². The molecule has 0 bridgehead atoms. The van der Waals surface area contributed by atoms with Gasteiger partial charge in [0.25, 0.3) is 0 Å². The van der Waals surface area contributed by atoms with Crippen LogP contribution in [-0.4, -0.2) is 41.8 Å². The highest BCUT2D eigenvalue weighted by atomic mass is 32.2. The van der Waals surface area contributed by atoms with Gasteiger partial charge in [-0.05, 0) is 19.1 Å². The lowest BCUT2D eigenvalue weighted by Crippen LogP contribution is -2.10. The molecule has 0 aliphatic rings. The number of esters is 1. The SMILES string of the molecule is CCOC(=O)CSCCOc1ccccc1C(=O)O. The summed E-state index contributed by atoms with van der Waals surface area (Å²) in [6.07, 6.45) is 0. The molecule has 1 rings (SSSR count). The molecular weight excluding hydrogens is 268 g/mol. The van der Waals surface area contributed by atoms with Crippen molar-refractivity contribution >= 4 is 23.7 Å². The minimum atomic E-state index is -1.02. The Kier molecular flexibility index (Phi) is 6.81. The van der Waals surface area contributed by atoms with E-state index >= 15 is 0 Å². The molecule has 1 N–H and O–H groups in total. The van der Waals surface area contributed by atoms with Gasteiger partial charge in [-0.2, -0.15) is 0 Å². The Bertz CT molecular complexity index is 433. The molecule has 19 heavy (non-hydrogen) atoms. The highest BCUT2D eigenvalue weighted by molar-refractivity contribution is 7.99. The lowest BCUT2D eigenvalue weighted by atomic mass is 10.2. The second-order valence-corrected chi connectivity index (χ2v) is 4.61. The number of ether oxygens (including phenoxy) is 2. The highest BCUT2D eigenvalue weighted by Gasteiger charge is 2.09. The van der Waals surface area contributed by atoms with Crippen molar-refractivity contribution in [3.05, 3.63) is 29.8 Å². The smallest absolute Gasteiger partial charge is 0.339 e. The summed E-state index contributed by atoms with van der Waals surface area (Å²) in [7, 11) is 0. The van der Waals surface area contributed by atoms with E-state index in [-0.39, 0.29) is 17.3 Å². The number of benzene rings is 1. The summed E-state index contributed by atoms with van der Waals surface area (Å²) in [6.45, 7) is 2.48. The van der Waals surface area contributed by atoms with Crippen molar-refractivity contribution in [1.29, 1.82) is 0 Å². The molecule has 1 aromatic carbocycles. The molecule has 0 unspecified atom stereocenters. The monoisotopic (exact) mass is 284 g/mol. The molecule has 0 saturated carbocycles. The van der Waals surface area contributed by atoms with Crippen LogP contribution in [0.2, 0.25) is 0 Å². The highest BCUT2D eigenvalue weighted by Crippen LogP contribution is 2.18. The van der Waals surface area contributed by atoms with Crippen LogP contribution in [-0.2, 0) is 9.53 Å². The molecular formula is C13H16O5S. The molecule has 1 aromatic rings. The Morgan fingerprint density at radius 2 is 2.05 bits per heavy atom. The van der Waals surface area contributed by atoms with E-state index in [1.54, 1.807) is 25.1 Å². The summed E-state index contributed by atoms with van der Waals surface area (Å²) in [5.41, 5.74) is 0.137. The van der Waals surface area contributed by atoms with Crippen molar-refractivity contribution in [2.75, 3.05) is 24.7 Å². The van der Waals surface area contributed by atoms with Gasteiger partial charge in [0.2, 0.25) is 0 Å². The van der Waals surface area contributed by atoms with E-state index in [2.05, 4.69) is 0 Å². The van der Waals surface area contributed by atoms with Crippen molar-refractivity contribution in [3.63, 3.8) is 0 Å². The maximum atomic E-state index is 11.1. The van der Waals surface area contributed by atoms with Crippen molar-refractivity contribution < 1.29 is 24.2 Å². The van der Waals surface area contributed by atoms with Gasteiger partial charge < -0.3 is 14.6 Å². The second-order valence-electron chi connectivity index (χ2n) is 3.51. The Labute approximate surface area is 115 Å². The quantitative estimate of drug-likeness (QED) is 0.582. The lowest BCUT2D eigenvalue weighted by Gasteiger charge is -2.08. The van der Waals surface area contributed by atoms with Crippen molar-refractivity contribution in [1.82, 2.24) is 0 Å². The zero-order valence-corrected chi connectivity index (χ0v) is 11.4. The standard InChI is InChI=1S/C13H16O5S/c1-2-17-12(14)9-19-8-7-18-11-6-4-3-5-10(11)13(15)16/h3-6H,2,7-9H2,1H3,(H,15,16). The van der Waals surface area contributed by atoms with E-state index in [9.17, 15) is 9.59 Å². The minimum absolute atomic E-state index is 0.137. The van der Waals surface area contributed by atoms with Crippen LogP contribution in [0, 0.1) is 0 Å². The molecule has 0 spiro atoms. The molecule has 6 heteroatoms. The summed E-state index contributed by atoms with van der Waals surface area (Å²) >= 11 is 1.39. The van der Waals surface area contributed by atoms with Crippen molar-refractivity contribution in [2.45, 2.75) is 6.92 Å². The maximum Gasteiger partial charge on any atom is 0.339 e. The fraction of sp³-hybridized carbons (Fsp3) is 0.385. The van der Waals surface area contributed by atoms with E-state index in [0.29, 0.717) is 24.7 Å². The van der Waals surface area contributed by atoms with Gasteiger partial charge >= 0.3 is 11.9 Å². The fourth-order valence-corrected chi connectivity index (χ4v) is 1.93. The Hall–Kier alpha value is -1.69. The number of thioether (sulfide) groups is 1. The van der Waals surface area contributed by atoms with Gasteiger partial charge in [-0.25, -0.2) is 4.79 Å². The first-order chi connectivity index (χ1) is 9.15. The minimum Gasteiger partial charge on any atom is -0.492 e.